The van der Waals surface area contributed by atoms with E-state index in [0.717, 1.165) is 21.2 Å². The molecule has 0 saturated carbocycles. The Bertz CT molecular complexity index is 550. The van der Waals surface area contributed by atoms with Crippen LogP contribution in [-0.4, -0.2) is 6.29 Å². The van der Waals surface area contributed by atoms with Crippen LogP contribution in [0.3, 0.4) is 0 Å². The third-order valence-electron chi connectivity index (χ3n) is 2.32. The molecule has 2 aromatic carbocycles. The first-order valence-corrected chi connectivity index (χ1v) is 6.26. The zero-order valence-corrected chi connectivity index (χ0v) is 11.5. The predicted octanol–water partition coefficient (Wildman–Crippen LogP) is 4.20. The van der Waals surface area contributed by atoms with Crippen molar-refractivity contribution in [3.63, 3.8) is 0 Å². The van der Waals surface area contributed by atoms with Crippen molar-refractivity contribution >= 4 is 28.9 Å². The highest BCUT2D eigenvalue weighted by molar-refractivity contribution is 14.1. The average Bonchev–Trinajstić information content (AvgIpc) is 2.31. The van der Waals surface area contributed by atoms with Crippen molar-refractivity contribution in [2.75, 3.05) is 0 Å². The molecule has 86 valence electrons. The maximum absolute atomic E-state index is 11.0. The number of carbonyl (C=O) groups is 1. The summed E-state index contributed by atoms with van der Waals surface area (Å²) < 4.78 is 6.80. The molecule has 2 aromatic rings. The summed E-state index contributed by atoms with van der Waals surface area (Å²) in [5, 5.41) is 0. The molecule has 0 aromatic heterocycles. The van der Waals surface area contributed by atoms with Crippen molar-refractivity contribution < 1.29 is 9.53 Å². The first-order valence-electron chi connectivity index (χ1n) is 5.18. The summed E-state index contributed by atoms with van der Waals surface area (Å²) in [4.78, 5) is 11.0. The Hall–Kier alpha value is -1.36. The molecule has 0 aliphatic carbocycles. The fourth-order valence-electron chi connectivity index (χ4n) is 1.51. The molecule has 0 amide bonds. The van der Waals surface area contributed by atoms with Crippen LogP contribution in [0.1, 0.15) is 15.9 Å². The molecule has 3 heteroatoms. The minimum Gasteiger partial charge on any atom is -0.457 e. The summed E-state index contributed by atoms with van der Waals surface area (Å²) in [5.41, 5.74) is 1.62. The van der Waals surface area contributed by atoms with Gasteiger partial charge in [-0.15, -0.1) is 0 Å². The van der Waals surface area contributed by atoms with Gasteiger partial charge in [-0.1, -0.05) is 17.7 Å². The highest BCUT2D eigenvalue weighted by Crippen LogP contribution is 2.26. The normalized spacial score (nSPS) is 10.0. The van der Waals surface area contributed by atoms with Crippen molar-refractivity contribution in [2.45, 2.75) is 6.92 Å². The fourth-order valence-corrected chi connectivity index (χ4v) is 2.02. The minimum absolute atomic E-state index is 0.573. The molecule has 0 fully saturated rings. The van der Waals surface area contributed by atoms with Crippen LogP contribution in [0.4, 0.5) is 0 Å². The standard InChI is InChI=1S/C14H11IO2/c1-10-5-6-14(11(7-10)9-16)17-13-4-2-3-12(15)8-13/h2-9H,1H3. The quantitative estimate of drug-likeness (QED) is 0.619. The van der Waals surface area contributed by atoms with Crippen LogP contribution < -0.4 is 4.74 Å². The largest absolute Gasteiger partial charge is 0.457 e. The van der Waals surface area contributed by atoms with Gasteiger partial charge < -0.3 is 4.74 Å². The van der Waals surface area contributed by atoms with E-state index in [0.29, 0.717) is 11.3 Å². The fraction of sp³-hybridized carbons (Fsp3) is 0.0714. The van der Waals surface area contributed by atoms with Crippen LogP contribution >= 0.6 is 22.6 Å². The Morgan fingerprint density at radius 3 is 2.71 bits per heavy atom. The molecular weight excluding hydrogens is 327 g/mol. The van der Waals surface area contributed by atoms with E-state index in [1.807, 2.05) is 49.4 Å². The van der Waals surface area contributed by atoms with Gasteiger partial charge in [0.25, 0.3) is 0 Å². The van der Waals surface area contributed by atoms with Crippen molar-refractivity contribution in [1.82, 2.24) is 0 Å². The summed E-state index contributed by atoms with van der Waals surface area (Å²) >= 11 is 2.22. The van der Waals surface area contributed by atoms with Crippen LogP contribution in [0, 0.1) is 10.5 Å². The third-order valence-corrected chi connectivity index (χ3v) is 2.99. The smallest absolute Gasteiger partial charge is 0.153 e. The molecule has 0 N–H and O–H groups in total. The number of rotatable bonds is 3. The summed E-state index contributed by atoms with van der Waals surface area (Å²) in [6, 6.07) is 13.3. The van der Waals surface area contributed by atoms with Gasteiger partial charge >= 0.3 is 0 Å². The maximum atomic E-state index is 11.0. The lowest BCUT2D eigenvalue weighted by Crippen LogP contribution is -1.91. The molecule has 2 rings (SSSR count). The van der Waals surface area contributed by atoms with Crippen molar-refractivity contribution in [2.24, 2.45) is 0 Å². The second-order valence-electron chi connectivity index (χ2n) is 3.72. The zero-order valence-electron chi connectivity index (χ0n) is 9.31. The highest BCUT2D eigenvalue weighted by Gasteiger charge is 2.04. The van der Waals surface area contributed by atoms with E-state index in [9.17, 15) is 4.79 Å². The molecule has 0 atom stereocenters. The number of aldehydes is 1. The predicted molar refractivity (Wildman–Crippen MR) is 75.8 cm³/mol. The van der Waals surface area contributed by atoms with E-state index >= 15 is 0 Å². The molecule has 2 nitrogen and oxygen atoms in total. The van der Waals surface area contributed by atoms with Crippen molar-refractivity contribution in [3.8, 4) is 11.5 Å². The number of aryl methyl sites for hydroxylation is 1. The van der Waals surface area contributed by atoms with Gasteiger partial charge in [-0.25, -0.2) is 0 Å². The molecule has 0 aliphatic rings. The summed E-state index contributed by atoms with van der Waals surface area (Å²) in [7, 11) is 0. The van der Waals surface area contributed by atoms with Gasteiger partial charge in [0, 0.05) is 3.57 Å². The van der Waals surface area contributed by atoms with Crippen LogP contribution in [0.5, 0.6) is 11.5 Å². The molecule has 17 heavy (non-hydrogen) atoms. The molecule has 0 unspecified atom stereocenters. The lowest BCUT2D eigenvalue weighted by Gasteiger charge is -2.08. The monoisotopic (exact) mass is 338 g/mol. The second-order valence-corrected chi connectivity index (χ2v) is 4.96. The minimum atomic E-state index is 0.573. The van der Waals surface area contributed by atoms with Gasteiger partial charge in [0.1, 0.15) is 11.5 Å². The molecule has 0 bridgehead atoms. The summed E-state index contributed by atoms with van der Waals surface area (Å²) in [5.74, 6) is 1.33. The Labute approximate surface area is 114 Å². The molecule has 0 heterocycles. The lowest BCUT2D eigenvalue weighted by molar-refractivity contribution is 0.112. The van der Waals surface area contributed by atoms with Gasteiger partial charge in [0.15, 0.2) is 6.29 Å². The van der Waals surface area contributed by atoms with Gasteiger partial charge in [0.2, 0.25) is 0 Å². The second kappa shape index (κ2) is 5.31. The number of halogens is 1. The number of hydrogen-bond donors (Lipinski definition) is 0. The summed E-state index contributed by atoms with van der Waals surface area (Å²) in [6.45, 7) is 1.95. The average molecular weight is 338 g/mol. The first kappa shape index (κ1) is 12.1. The molecular formula is C14H11IO2. The number of hydrogen-bond acceptors (Lipinski definition) is 2. The van der Waals surface area contributed by atoms with Crippen molar-refractivity contribution in [1.29, 1.82) is 0 Å². The van der Waals surface area contributed by atoms with E-state index in [4.69, 9.17) is 4.74 Å². The van der Waals surface area contributed by atoms with E-state index in [2.05, 4.69) is 22.6 Å². The zero-order chi connectivity index (χ0) is 12.3. The molecule has 0 spiro atoms. The maximum Gasteiger partial charge on any atom is 0.153 e. The van der Waals surface area contributed by atoms with Crippen molar-refractivity contribution in [3.05, 3.63) is 57.2 Å². The van der Waals surface area contributed by atoms with Crippen LogP contribution in [0.25, 0.3) is 0 Å². The summed E-state index contributed by atoms with van der Waals surface area (Å²) in [6.07, 6.45) is 0.816. The van der Waals surface area contributed by atoms with E-state index in [1.54, 1.807) is 0 Å². The SMILES string of the molecule is Cc1ccc(Oc2cccc(I)c2)c(C=O)c1. The van der Waals surface area contributed by atoms with E-state index in [-0.39, 0.29) is 0 Å². The Morgan fingerprint density at radius 1 is 1.18 bits per heavy atom. The molecule has 0 radical (unpaired) electrons. The number of carbonyl (C=O) groups excluding carboxylic acids is 1. The van der Waals surface area contributed by atoms with Crippen LogP contribution in [0.15, 0.2) is 42.5 Å². The molecule has 0 saturated heterocycles. The lowest BCUT2D eigenvalue weighted by atomic mass is 10.1. The topological polar surface area (TPSA) is 26.3 Å². The van der Waals surface area contributed by atoms with E-state index in [1.165, 1.54) is 0 Å². The number of ether oxygens (including phenoxy) is 1. The highest BCUT2D eigenvalue weighted by atomic mass is 127. The van der Waals surface area contributed by atoms with Crippen LogP contribution in [-0.2, 0) is 0 Å². The van der Waals surface area contributed by atoms with Gasteiger partial charge in [-0.2, -0.15) is 0 Å². The van der Waals surface area contributed by atoms with Gasteiger partial charge in [-0.05, 0) is 59.8 Å². The van der Waals surface area contributed by atoms with Gasteiger partial charge in [0.05, 0.1) is 5.56 Å². The van der Waals surface area contributed by atoms with Crippen LogP contribution in [0.2, 0.25) is 0 Å². The van der Waals surface area contributed by atoms with Gasteiger partial charge in [-0.3, -0.25) is 4.79 Å². The first-order chi connectivity index (χ1) is 8.19. The molecule has 0 aliphatic heterocycles. The Kier molecular flexibility index (Phi) is 3.78. The Morgan fingerprint density at radius 2 is 2.00 bits per heavy atom. The Balaban J connectivity index is 2.32. The van der Waals surface area contributed by atoms with E-state index < -0.39 is 0 Å². The third kappa shape index (κ3) is 3.06. The number of benzene rings is 2.